The summed E-state index contributed by atoms with van der Waals surface area (Å²) in [5, 5.41) is 6.92. The van der Waals surface area contributed by atoms with E-state index in [2.05, 4.69) is 15.4 Å². The lowest BCUT2D eigenvalue weighted by Crippen LogP contribution is -2.29. The summed E-state index contributed by atoms with van der Waals surface area (Å²) in [6.45, 7) is 4.97. The third-order valence-electron chi connectivity index (χ3n) is 3.45. The zero-order valence-electron chi connectivity index (χ0n) is 12.6. The highest BCUT2D eigenvalue weighted by Gasteiger charge is 2.29. The molecule has 22 heavy (non-hydrogen) atoms. The number of fused-ring (bicyclic) bond motifs is 1. The average Bonchev–Trinajstić information content (AvgIpc) is 2.96. The minimum absolute atomic E-state index is 0.0816. The monoisotopic (exact) mass is 302 g/mol. The first-order valence-corrected chi connectivity index (χ1v) is 7.31. The molecule has 1 aliphatic heterocycles. The van der Waals surface area contributed by atoms with Crippen molar-refractivity contribution in [1.29, 1.82) is 0 Å². The standard InChI is InChI=1S/C15H18N4O3/c1-3-21-10-5-6-11(13(7-10)22-4-2)12-8-14(20)18-15-16-9-17-19(12)15/h5-7,9,12H,3-4,8H2,1-2H3,(H,16,17,18,20)/t12-/m1/s1. The Morgan fingerprint density at radius 3 is 2.91 bits per heavy atom. The predicted octanol–water partition coefficient (Wildman–Crippen LogP) is 2.01. The van der Waals surface area contributed by atoms with Crippen LogP contribution in [-0.2, 0) is 4.79 Å². The molecule has 2 heterocycles. The third kappa shape index (κ3) is 2.61. The summed E-state index contributed by atoms with van der Waals surface area (Å²) in [5.41, 5.74) is 0.895. The first-order chi connectivity index (χ1) is 10.7. The first kappa shape index (κ1) is 14.4. The van der Waals surface area contributed by atoms with Crippen molar-refractivity contribution in [3.63, 3.8) is 0 Å². The molecule has 0 saturated carbocycles. The van der Waals surface area contributed by atoms with Crippen molar-refractivity contribution in [2.75, 3.05) is 18.5 Å². The molecule has 0 unspecified atom stereocenters. The number of carbonyl (C=O) groups is 1. The van der Waals surface area contributed by atoms with Gasteiger partial charge < -0.3 is 9.47 Å². The molecule has 3 rings (SSSR count). The van der Waals surface area contributed by atoms with Crippen LogP contribution in [0.1, 0.15) is 31.9 Å². The van der Waals surface area contributed by atoms with Gasteiger partial charge in [0.05, 0.1) is 25.7 Å². The van der Waals surface area contributed by atoms with Crippen LogP contribution in [0, 0.1) is 0 Å². The number of nitrogens with zero attached hydrogens (tertiary/aromatic N) is 3. The summed E-state index contributed by atoms with van der Waals surface area (Å²) in [5.74, 6) is 1.82. The highest BCUT2D eigenvalue weighted by molar-refractivity contribution is 5.91. The van der Waals surface area contributed by atoms with E-state index in [1.54, 1.807) is 4.68 Å². The molecule has 1 aromatic carbocycles. The normalized spacial score (nSPS) is 16.8. The van der Waals surface area contributed by atoms with Crippen molar-refractivity contribution < 1.29 is 14.3 Å². The molecule has 1 N–H and O–H groups in total. The maximum absolute atomic E-state index is 11.9. The number of nitrogens with one attached hydrogen (secondary N) is 1. The number of hydrogen-bond donors (Lipinski definition) is 1. The molecular weight excluding hydrogens is 284 g/mol. The van der Waals surface area contributed by atoms with Crippen LogP contribution in [0.25, 0.3) is 0 Å². The van der Waals surface area contributed by atoms with Crippen molar-refractivity contribution in [3.8, 4) is 11.5 Å². The van der Waals surface area contributed by atoms with E-state index in [1.165, 1.54) is 6.33 Å². The van der Waals surface area contributed by atoms with Crippen LogP contribution < -0.4 is 14.8 Å². The number of amides is 1. The molecule has 0 aliphatic carbocycles. The maximum Gasteiger partial charge on any atom is 0.229 e. The molecule has 0 bridgehead atoms. The molecule has 0 saturated heterocycles. The highest BCUT2D eigenvalue weighted by atomic mass is 16.5. The Hall–Kier alpha value is -2.57. The molecule has 1 atom stereocenters. The summed E-state index contributed by atoms with van der Waals surface area (Å²) in [6.07, 6.45) is 1.73. The third-order valence-corrected chi connectivity index (χ3v) is 3.45. The number of hydrogen-bond acceptors (Lipinski definition) is 5. The van der Waals surface area contributed by atoms with Crippen LogP contribution in [-0.4, -0.2) is 33.9 Å². The molecular formula is C15H18N4O3. The van der Waals surface area contributed by atoms with Gasteiger partial charge in [0, 0.05) is 11.6 Å². The van der Waals surface area contributed by atoms with E-state index in [0.29, 0.717) is 31.3 Å². The van der Waals surface area contributed by atoms with Crippen LogP contribution in [0.15, 0.2) is 24.5 Å². The maximum atomic E-state index is 11.9. The summed E-state index contributed by atoms with van der Waals surface area (Å²) < 4.78 is 13.0. The highest BCUT2D eigenvalue weighted by Crippen LogP contribution is 2.36. The van der Waals surface area contributed by atoms with Gasteiger partial charge in [0.25, 0.3) is 0 Å². The molecule has 0 spiro atoms. The van der Waals surface area contributed by atoms with Crippen LogP contribution in [0.2, 0.25) is 0 Å². The van der Waals surface area contributed by atoms with Gasteiger partial charge >= 0.3 is 0 Å². The van der Waals surface area contributed by atoms with Crippen molar-refractivity contribution in [1.82, 2.24) is 14.8 Å². The fourth-order valence-electron chi connectivity index (χ4n) is 2.57. The van der Waals surface area contributed by atoms with Gasteiger partial charge in [0.2, 0.25) is 11.9 Å². The van der Waals surface area contributed by atoms with E-state index in [1.807, 2.05) is 32.0 Å². The smallest absolute Gasteiger partial charge is 0.229 e. The number of benzene rings is 1. The topological polar surface area (TPSA) is 78.3 Å². The minimum atomic E-state index is -0.233. The summed E-state index contributed by atoms with van der Waals surface area (Å²) in [7, 11) is 0. The SMILES string of the molecule is CCOc1ccc([C@H]2CC(=O)Nc3ncnn32)c(OCC)c1. The van der Waals surface area contributed by atoms with Gasteiger partial charge in [-0.05, 0) is 26.0 Å². The molecule has 1 aromatic heterocycles. The van der Waals surface area contributed by atoms with E-state index < -0.39 is 0 Å². The van der Waals surface area contributed by atoms with E-state index in [9.17, 15) is 4.79 Å². The molecule has 1 amide bonds. The lowest BCUT2D eigenvalue weighted by Gasteiger charge is -2.25. The Kier molecular flexibility index (Phi) is 3.95. The van der Waals surface area contributed by atoms with E-state index in [0.717, 1.165) is 11.3 Å². The van der Waals surface area contributed by atoms with E-state index in [4.69, 9.17) is 9.47 Å². The molecule has 116 valence electrons. The lowest BCUT2D eigenvalue weighted by atomic mass is 10.0. The van der Waals surface area contributed by atoms with Crippen LogP contribution in [0.3, 0.4) is 0 Å². The van der Waals surface area contributed by atoms with Gasteiger partial charge in [-0.2, -0.15) is 10.1 Å². The van der Waals surface area contributed by atoms with Gasteiger partial charge in [0.1, 0.15) is 17.8 Å². The zero-order valence-corrected chi connectivity index (χ0v) is 12.6. The van der Waals surface area contributed by atoms with Gasteiger partial charge in [-0.15, -0.1) is 0 Å². The zero-order chi connectivity index (χ0) is 15.5. The van der Waals surface area contributed by atoms with Crippen LogP contribution in [0.4, 0.5) is 5.95 Å². The Labute approximate surface area is 128 Å². The second-order valence-electron chi connectivity index (χ2n) is 4.86. The number of rotatable bonds is 5. The number of ether oxygens (including phenoxy) is 2. The average molecular weight is 302 g/mol. The molecule has 0 radical (unpaired) electrons. The molecule has 7 nitrogen and oxygen atoms in total. The Morgan fingerprint density at radius 1 is 1.32 bits per heavy atom. The van der Waals surface area contributed by atoms with Crippen LogP contribution >= 0.6 is 0 Å². The predicted molar refractivity (Wildman–Crippen MR) is 80.2 cm³/mol. The largest absolute Gasteiger partial charge is 0.494 e. The molecule has 0 fully saturated rings. The second kappa shape index (κ2) is 6.05. The Balaban J connectivity index is 2.02. The minimum Gasteiger partial charge on any atom is -0.494 e. The van der Waals surface area contributed by atoms with Gasteiger partial charge in [-0.1, -0.05) is 0 Å². The number of aromatic nitrogens is 3. The van der Waals surface area contributed by atoms with Crippen LogP contribution in [0.5, 0.6) is 11.5 Å². The number of anilines is 1. The van der Waals surface area contributed by atoms with E-state index in [-0.39, 0.29) is 11.9 Å². The first-order valence-electron chi connectivity index (χ1n) is 7.31. The van der Waals surface area contributed by atoms with Crippen molar-refractivity contribution >= 4 is 11.9 Å². The van der Waals surface area contributed by atoms with E-state index >= 15 is 0 Å². The Morgan fingerprint density at radius 2 is 2.14 bits per heavy atom. The van der Waals surface area contributed by atoms with Gasteiger partial charge in [-0.25, -0.2) is 4.68 Å². The van der Waals surface area contributed by atoms with Crippen molar-refractivity contribution in [2.45, 2.75) is 26.3 Å². The summed E-state index contributed by atoms with van der Waals surface area (Å²) >= 11 is 0. The fourth-order valence-corrected chi connectivity index (χ4v) is 2.57. The fraction of sp³-hybridized carbons (Fsp3) is 0.400. The Bertz CT molecular complexity index is 683. The van der Waals surface area contributed by atoms with Crippen molar-refractivity contribution in [3.05, 3.63) is 30.1 Å². The second-order valence-corrected chi connectivity index (χ2v) is 4.86. The lowest BCUT2D eigenvalue weighted by molar-refractivity contribution is -0.117. The van der Waals surface area contributed by atoms with Gasteiger partial charge in [-0.3, -0.25) is 10.1 Å². The molecule has 1 aliphatic rings. The number of carbonyl (C=O) groups excluding carboxylic acids is 1. The van der Waals surface area contributed by atoms with Gasteiger partial charge in [0.15, 0.2) is 0 Å². The quantitative estimate of drug-likeness (QED) is 0.914. The summed E-state index contributed by atoms with van der Waals surface area (Å²) in [6, 6.07) is 5.42. The summed E-state index contributed by atoms with van der Waals surface area (Å²) in [4.78, 5) is 15.9. The molecule has 7 heteroatoms. The molecule has 2 aromatic rings. The van der Waals surface area contributed by atoms with Crippen molar-refractivity contribution in [2.24, 2.45) is 0 Å².